The van der Waals surface area contributed by atoms with Crippen molar-refractivity contribution in [2.24, 2.45) is 5.41 Å². The highest BCUT2D eigenvalue weighted by molar-refractivity contribution is 5.94. The van der Waals surface area contributed by atoms with Gasteiger partial charge in [0.05, 0.1) is 11.9 Å². The van der Waals surface area contributed by atoms with Crippen LogP contribution in [0, 0.1) is 11.4 Å². The van der Waals surface area contributed by atoms with Gasteiger partial charge in [-0.1, -0.05) is 20.8 Å². The van der Waals surface area contributed by atoms with Crippen LogP contribution in [0.25, 0.3) is 0 Å². The van der Waals surface area contributed by atoms with E-state index >= 15 is 0 Å². The third kappa shape index (κ3) is 3.01. The Balaban J connectivity index is 2.71. The molecule has 0 aliphatic carbocycles. The highest BCUT2D eigenvalue weighted by Gasteiger charge is 2.25. The van der Waals surface area contributed by atoms with E-state index in [4.69, 9.17) is 0 Å². The molecule has 4 heteroatoms. The first-order chi connectivity index (χ1) is 6.95. The van der Waals surface area contributed by atoms with Gasteiger partial charge in [0.25, 0.3) is 0 Å². The molecule has 0 aliphatic rings. The van der Waals surface area contributed by atoms with Crippen LogP contribution in [0.4, 0.5) is 10.1 Å². The zero-order valence-electron chi connectivity index (χ0n) is 9.17. The summed E-state index contributed by atoms with van der Waals surface area (Å²) in [5, 5.41) is 2.69. The summed E-state index contributed by atoms with van der Waals surface area (Å²) in [6, 6.07) is 2.71. The smallest absolute Gasteiger partial charge is 0.230 e. The third-order valence-electron chi connectivity index (χ3n) is 2.48. The first kappa shape index (κ1) is 11.6. The molecule has 82 valence electrons. The normalized spacial score (nSPS) is 11.2. The highest BCUT2D eigenvalue weighted by atomic mass is 19.1. The Morgan fingerprint density at radius 2 is 2.20 bits per heavy atom. The van der Waals surface area contributed by atoms with Crippen LogP contribution in [0.1, 0.15) is 27.2 Å². The van der Waals surface area contributed by atoms with E-state index in [9.17, 15) is 9.18 Å². The Morgan fingerprint density at radius 3 is 2.67 bits per heavy atom. The lowest BCUT2D eigenvalue weighted by molar-refractivity contribution is -0.124. The maximum Gasteiger partial charge on any atom is 0.230 e. The summed E-state index contributed by atoms with van der Waals surface area (Å²) in [7, 11) is 0. The van der Waals surface area contributed by atoms with Gasteiger partial charge in [0.15, 0.2) is 0 Å². The summed E-state index contributed by atoms with van der Waals surface area (Å²) in [5.74, 6) is -0.638. The molecule has 3 nitrogen and oxygen atoms in total. The second kappa shape index (κ2) is 4.38. The van der Waals surface area contributed by atoms with Crippen molar-refractivity contribution in [3.63, 3.8) is 0 Å². The molecule has 1 aromatic heterocycles. The number of pyridine rings is 1. The number of carbonyl (C=O) groups excluding carboxylic acids is 1. The molecule has 1 amide bonds. The Bertz CT molecular complexity index is 346. The van der Waals surface area contributed by atoms with E-state index in [1.54, 1.807) is 0 Å². The van der Waals surface area contributed by atoms with Gasteiger partial charge in [-0.2, -0.15) is 4.39 Å². The molecular formula is C11H15FN2O. The fourth-order valence-corrected chi connectivity index (χ4v) is 0.911. The van der Waals surface area contributed by atoms with Crippen molar-refractivity contribution in [3.05, 3.63) is 24.3 Å². The molecule has 0 atom stereocenters. The molecule has 0 spiro atoms. The topological polar surface area (TPSA) is 42.0 Å². The molecule has 0 radical (unpaired) electrons. The van der Waals surface area contributed by atoms with Crippen LogP contribution in [0.15, 0.2) is 18.3 Å². The second-order valence-electron chi connectivity index (χ2n) is 4.06. The van der Waals surface area contributed by atoms with Crippen LogP contribution in [-0.4, -0.2) is 10.9 Å². The first-order valence-corrected chi connectivity index (χ1v) is 4.88. The molecule has 0 unspecified atom stereocenters. The van der Waals surface area contributed by atoms with Crippen LogP contribution < -0.4 is 5.32 Å². The minimum Gasteiger partial charge on any atom is -0.324 e. The Morgan fingerprint density at radius 1 is 1.53 bits per heavy atom. The maximum atomic E-state index is 12.5. The van der Waals surface area contributed by atoms with Crippen molar-refractivity contribution in [3.8, 4) is 0 Å². The molecule has 1 heterocycles. The van der Waals surface area contributed by atoms with E-state index in [1.165, 1.54) is 18.3 Å². The van der Waals surface area contributed by atoms with E-state index in [-0.39, 0.29) is 5.91 Å². The number of rotatable bonds is 3. The lowest BCUT2D eigenvalue weighted by Gasteiger charge is -2.21. The molecular weight excluding hydrogens is 195 g/mol. The minimum atomic E-state index is -0.553. The number of hydrogen-bond acceptors (Lipinski definition) is 2. The van der Waals surface area contributed by atoms with E-state index < -0.39 is 11.4 Å². The molecule has 0 saturated heterocycles. The predicted octanol–water partition coefficient (Wildman–Crippen LogP) is 2.60. The molecule has 1 aromatic rings. The number of carbonyl (C=O) groups is 1. The molecule has 1 rings (SSSR count). The summed E-state index contributed by atoms with van der Waals surface area (Å²) < 4.78 is 12.5. The van der Waals surface area contributed by atoms with Gasteiger partial charge < -0.3 is 5.32 Å². The quantitative estimate of drug-likeness (QED) is 0.779. The highest BCUT2D eigenvalue weighted by Crippen LogP contribution is 2.21. The van der Waals surface area contributed by atoms with E-state index in [0.29, 0.717) is 5.69 Å². The number of hydrogen-bond donors (Lipinski definition) is 1. The average molecular weight is 210 g/mol. The standard InChI is InChI=1S/C11H15FN2O/c1-4-11(2,3)10(15)14-8-5-6-9(12)13-7-8/h5-7H,4H2,1-3H3,(H,14,15). The molecule has 0 aliphatic heterocycles. The summed E-state index contributed by atoms with van der Waals surface area (Å²) in [5.41, 5.74) is 0.0944. The van der Waals surface area contributed by atoms with E-state index in [2.05, 4.69) is 10.3 Å². The summed E-state index contributed by atoms with van der Waals surface area (Å²) in [6.45, 7) is 5.67. The maximum absolute atomic E-state index is 12.5. The second-order valence-corrected chi connectivity index (χ2v) is 4.06. The van der Waals surface area contributed by atoms with Gasteiger partial charge in [-0.25, -0.2) is 4.98 Å². The van der Waals surface area contributed by atoms with Crippen molar-refractivity contribution in [2.75, 3.05) is 5.32 Å². The summed E-state index contributed by atoms with van der Waals surface area (Å²) >= 11 is 0. The Hall–Kier alpha value is -1.45. The number of anilines is 1. The van der Waals surface area contributed by atoms with Crippen LogP contribution in [0.2, 0.25) is 0 Å². The number of halogens is 1. The van der Waals surface area contributed by atoms with Gasteiger partial charge in [0.2, 0.25) is 11.9 Å². The molecule has 0 saturated carbocycles. The van der Waals surface area contributed by atoms with E-state index in [1.807, 2.05) is 20.8 Å². The Kier molecular flexibility index (Phi) is 3.39. The largest absolute Gasteiger partial charge is 0.324 e. The van der Waals surface area contributed by atoms with Crippen molar-refractivity contribution >= 4 is 11.6 Å². The van der Waals surface area contributed by atoms with E-state index in [0.717, 1.165) is 6.42 Å². The zero-order chi connectivity index (χ0) is 11.5. The number of aromatic nitrogens is 1. The fourth-order valence-electron chi connectivity index (χ4n) is 0.911. The van der Waals surface area contributed by atoms with Crippen LogP contribution in [0.5, 0.6) is 0 Å². The van der Waals surface area contributed by atoms with Crippen molar-refractivity contribution < 1.29 is 9.18 Å². The average Bonchev–Trinajstić information content (AvgIpc) is 2.21. The first-order valence-electron chi connectivity index (χ1n) is 4.88. The van der Waals surface area contributed by atoms with Gasteiger partial charge in [-0.05, 0) is 18.6 Å². The summed E-state index contributed by atoms with van der Waals surface area (Å²) in [6.07, 6.45) is 2.05. The fraction of sp³-hybridized carbons (Fsp3) is 0.455. The lowest BCUT2D eigenvalue weighted by atomic mass is 9.89. The number of nitrogens with zero attached hydrogens (tertiary/aromatic N) is 1. The van der Waals surface area contributed by atoms with Gasteiger partial charge >= 0.3 is 0 Å². The van der Waals surface area contributed by atoms with Gasteiger partial charge in [0, 0.05) is 5.41 Å². The zero-order valence-corrected chi connectivity index (χ0v) is 9.17. The minimum absolute atomic E-state index is 0.0848. The Labute approximate surface area is 88.7 Å². The monoisotopic (exact) mass is 210 g/mol. The number of nitrogens with one attached hydrogen (secondary N) is 1. The SMILES string of the molecule is CCC(C)(C)C(=O)Nc1ccc(F)nc1. The van der Waals surface area contributed by atoms with Gasteiger partial charge in [-0.15, -0.1) is 0 Å². The van der Waals surface area contributed by atoms with Crippen LogP contribution in [0.3, 0.4) is 0 Å². The molecule has 0 aromatic carbocycles. The van der Waals surface area contributed by atoms with Crippen molar-refractivity contribution in [1.29, 1.82) is 0 Å². The van der Waals surface area contributed by atoms with Gasteiger partial charge in [0.1, 0.15) is 0 Å². The summed E-state index contributed by atoms with van der Waals surface area (Å²) in [4.78, 5) is 15.2. The van der Waals surface area contributed by atoms with Crippen LogP contribution >= 0.6 is 0 Å². The van der Waals surface area contributed by atoms with Gasteiger partial charge in [-0.3, -0.25) is 4.79 Å². The van der Waals surface area contributed by atoms with Crippen molar-refractivity contribution in [2.45, 2.75) is 27.2 Å². The molecule has 0 bridgehead atoms. The molecule has 0 fully saturated rings. The molecule has 15 heavy (non-hydrogen) atoms. The van der Waals surface area contributed by atoms with Crippen LogP contribution in [-0.2, 0) is 4.79 Å². The lowest BCUT2D eigenvalue weighted by Crippen LogP contribution is -2.30. The number of amides is 1. The van der Waals surface area contributed by atoms with Crippen molar-refractivity contribution in [1.82, 2.24) is 4.98 Å². The predicted molar refractivity (Wildman–Crippen MR) is 56.9 cm³/mol. The third-order valence-corrected chi connectivity index (χ3v) is 2.48. The molecule has 1 N–H and O–H groups in total.